The Kier molecular flexibility index (Phi) is 4.67. The summed E-state index contributed by atoms with van der Waals surface area (Å²) in [5.41, 5.74) is -0.522. The van der Waals surface area contributed by atoms with Gasteiger partial charge in [-0.1, -0.05) is 40.0 Å². The first-order valence-electron chi connectivity index (χ1n) is 7.49. The first kappa shape index (κ1) is 15.7. The predicted molar refractivity (Wildman–Crippen MR) is 80.5 cm³/mol. The van der Waals surface area contributed by atoms with Crippen LogP contribution >= 0.6 is 11.8 Å². The van der Waals surface area contributed by atoms with Gasteiger partial charge < -0.3 is 10.0 Å². The smallest absolute Gasteiger partial charge is 0.327 e. The van der Waals surface area contributed by atoms with E-state index in [1.54, 1.807) is 16.7 Å². The normalized spacial score (nSPS) is 28.6. The molecular weight excluding hydrogens is 274 g/mol. The molecule has 1 saturated carbocycles. The Morgan fingerprint density at radius 2 is 1.75 bits per heavy atom. The number of carbonyl (C=O) groups excluding carboxylic acids is 1. The lowest BCUT2D eigenvalue weighted by molar-refractivity contribution is -0.153. The fourth-order valence-corrected chi connectivity index (χ4v) is 4.78. The van der Waals surface area contributed by atoms with E-state index in [0.29, 0.717) is 11.7 Å². The van der Waals surface area contributed by atoms with Crippen molar-refractivity contribution in [2.75, 3.05) is 5.75 Å². The maximum atomic E-state index is 12.7. The van der Waals surface area contributed by atoms with Gasteiger partial charge in [-0.25, -0.2) is 4.79 Å². The second-order valence-corrected chi connectivity index (χ2v) is 8.09. The van der Waals surface area contributed by atoms with Gasteiger partial charge in [-0.3, -0.25) is 4.79 Å². The van der Waals surface area contributed by atoms with Crippen molar-refractivity contribution < 1.29 is 14.7 Å². The molecule has 2 atom stereocenters. The van der Waals surface area contributed by atoms with Crippen LogP contribution in [-0.2, 0) is 9.59 Å². The Morgan fingerprint density at radius 1 is 1.15 bits per heavy atom. The zero-order chi connectivity index (χ0) is 14.9. The lowest BCUT2D eigenvalue weighted by atomic mass is 9.87. The average Bonchev–Trinajstić information content (AvgIpc) is 2.82. The molecule has 1 N–H and O–H groups in total. The van der Waals surface area contributed by atoms with Crippen LogP contribution in [-0.4, -0.2) is 39.1 Å². The highest BCUT2D eigenvalue weighted by molar-refractivity contribution is 8.00. The van der Waals surface area contributed by atoms with Gasteiger partial charge in [-0.2, -0.15) is 0 Å². The molecule has 20 heavy (non-hydrogen) atoms. The van der Waals surface area contributed by atoms with Crippen LogP contribution in [0, 0.1) is 11.3 Å². The van der Waals surface area contributed by atoms with E-state index < -0.39 is 17.4 Å². The van der Waals surface area contributed by atoms with Crippen molar-refractivity contribution in [2.45, 2.75) is 64.3 Å². The number of amides is 1. The first-order valence-corrected chi connectivity index (χ1v) is 8.54. The van der Waals surface area contributed by atoms with Gasteiger partial charge in [0.2, 0.25) is 5.91 Å². The fourth-order valence-electron chi connectivity index (χ4n) is 3.14. The van der Waals surface area contributed by atoms with Gasteiger partial charge in [0, 0.05) is 11.2 Å². The number of carboxylic acids is 1. The van der Waals surface area contributed by atoms with Gasteiger partial charge in [0.15, 0.2) is 0 Å². The number of aliphatic carboxylic acids is 1. The van der Waals surface area contributed by atoms with Gasteiger partial charge in [-0.15, -0.1) is 11.8 Å². The number of rotatable bonds is 2. The SMILES string of the molecule is CC(C)(C)C(=O)N1[C@@H](C2CCCCC2)SC[C@H]1C(=O)O. The number of thioether (sulfide) groups is 1. The van der Waals surface area contributed by atoms with Crippen molar-refractivity contribution in [3.05, 3.63) is 0 Å². The summed E-state index contributed by atoms with van der Waals surface area (Å²) in [4.78, 5) is 25.8. The Labute approximate surface area is 125 Å². The quantitative estimate of drug-likeness (QED) is 0.851. The van der Waals surface area contributed by atoms with Crippen molar-refractivity contribution in [3.63, 3.8) is 0 Å². The minimum atomic E-state index is -0.867. The standard InChI is InChI=1S/C15H25NO3S/c1-15(2,3)14(19)16-11(13(17)18)9-20-12(16)10-7-5-4-6-8-10/h10-12H,4-9H2,1-3H3,(H,17,18)/t11-,12+/m0/s1. The molecule has 2 rings (SSSR count). The molecule has 1 heterocycles. The summed E-state index contributed by atoms with van der Waals surface area (Å²) in [5.74, 6) is 0.0986. The topological polar surface area (TPSA) is 57.6 Å². The number of carbonyl (C=O) groups is 2. The maximum absolute atomic E-state index is 12.7. The molecule has 1 saturated heterocycles. The first-order chi connectivity index (χ1) is 9.32. The molecule has 0 aromatic carbocycles. The van der Waals surface area contributed by atoms with E-state index in [9.17, 15) is 14.7 Å². The second kappa shape index (κ2) is 5.96. The summed E-state index contributed by atoms with van der Waals surface area (Å²) in [6.45, 7) is 5.61. The molecule has 4 nitrogen and oxygen atoms in total. The molecule has 1 aliphatic carbocycles. The predicted octanol–water partition coefficient (Wildman–Crippen LogP) is 2.97. The van der Waals surface area contributed by atoms with Crippen LogP contribution in [0.25, 0.3) is 0 Å². The van der Waals surface area contributed by atoms with Crippen molar-refractivity contribution in [2.24, 2.45) is 11.3 Å². The zero-order valence-electron chi connectivity index (χ0n) is 12.6. The van der Waals surface area contributed by atoms with E-state index in [-0.39, 0.29) is 11.3 Å². The van der Waals surface area contributed by atoms with E-state index in [0.717, 1.165) is 12.8 Å². The summed E-state index contributed by atoms with van der Waals surface area (Å²) in [6.07, 6.45) is 5.92. The van der Waals surface area contributed by atoms with E-state index in [1.807, 2.05) is 20.8 Å². The molecule has 0 spiro atoms. The third-order valence-electron chi connectivity index (χ3n) is 4.25. The van der Waals surface area contributed by atoms with Crippen molar-refractivity contribution in [3.8, 4) is 0 Å². The Balaban J connectivity index is 2.22. The Morgan fingerprint density at radius 3 is 2.25 bits per heavy atom. The van der Waals surface area contributed by atoms with Gasteiger partial charge >= 0.3 is 5.97 Å². The van der Waals surface area contributed by atoms with Crippen molar-refractivity contribution in [1.29, 1.82) is 0 Å². The molecule has 0 aromatic heterocycles. The number of carboxylic acid groups (broad SMARTS) is 1. The monoisotopic (exact) mass is 299 g/mol. The van der Waals surface area contributed by atoms with E-state index in [1.165, 1.54) is 19.3 Å². The van der Waals surface area contributed by atoms with Crippen LogP contribution < -0.4 is 0 Å². The van der Waals surface area contributed by atoms with E-state index in [2.05, 4.69) is 0 Å². The largest absolute Gasteiger partial charge is 0.480 e. The molecule has 1 aliphatic heterocycles. The Bertz CT molecular complexity index is 385. The van der Waals surface area contributed by atoms with Crippen LogP contribution in [0.1, 0.15) is 52.9 Å². The summed E-state index contributed by atoms with van der Waals surface area (Å²) >= 11 is 1.66. The van der Waals surface area contributed by atoms with Gasteiger partial charge in [0.25, 0.3) is 0 Å². The third kappa shape index (κ3) is 3.13. The minimum absolute atomic E-state index is 0.0227. The van der Waals surface area contributed by atoms with E-state index >= 15 is 0 Å². The minimum Gasteiger partial charge on any atom is -0.480 e. The maximum Gasteiger partial charge on any atom is 0.327 e. The third-order valence-corrected chi connectivity index (χ3v) is 5.71. The highest BCUT2D eigenvalue weighted by Gasteiger charge is 2.47. The highest BCUT2D eigenvalue weighted by atomic mass is 32.2. The number of nitrogens with zero attached hydrogens (tertiary/aromatic N) is 1. The van der Waals surface area contributed by atoms with Gasteiger partial charge in [0.1, 0.15) is 6.04 Å². The number of hydrogen-bond donors (Lipinski definition) is 1. The summed E-state index contributed by atoms with van der Waals surface area (Å²) in [7, 11) is 0. The molecule has 0 unspecified atom stereocenters. The molecule has 2 fully saturated rings. The Hall–Kier alpha value is -0.710. The van der Waals surface area contributed by atoms with E-state index in [4.69, 9.17) is 0 Å². The summed E-state index contributed by atoms with van der Waals surface area (Å²) in [5, 5.41) is 9.47. The van der Waals surface area contributed by atoms with Crippen molar-refractivity contribution in [1.82, 2.24) is 4.90 Å². The summed E-state index contributed by atoms with van der Waals surface area (Å²) < 4.78 is 0. The molecule has 5 heteroatoms. The van der Waals surface area contributed by atoms with Crippen LogP contribution in [0.4, 0.5) is 0 Å². The summed E-state index contributed by atoms with van der Waals surface area (Å²) in [6, 6.07) is -0.654. The molecule has 0 radical (unpaired) electrons. The molecular formula is C15H25NO3S. The molecule has 1 amide bonds. The average molecular weight is 299 g/mol. The second-order valence-electron chi connectivity index (χ2n) is 6.94. The molecule has 0 bridgehead atoms. The van der Waals surface area contributed by atoms with Crippen LogP contribution in [0.2, 0.25) is 0 Å². The lowest BCUT2D eigenvalue weighted by Crippen LogP contribution is -2.51. The highest BCUT2D eigenvalue weighted by Crippen LogP contribution is 2.42. The zero-order valence-corrected chi connectivity index (χ0v) is 13.4. The molecule has 0 aromatic rings. The molecule has 114 valence electrons. The lowest BCUT2D eigenvalue weighted by Gasteiger charge is -2.37. The van der Waals surface area contributed by atoms with Crippen LogP contribution in [0.15, 0.2) is 0 Å². The van der Waals surface area contributed by atoms with Crippen LogP contribution in [0.5, 0.6) is 0 Å². The number of hydrogen-bond acceptors (Lipinski definition) is 3. The molecule has 2 aliphatic rings. The van der Waals surface area contributed by atoms with Crippen LogP contribution in [0.3, 0.4) is 0 Å². The van der Waals surface area contributed by atoms with Gasteiger partial charge in [-0.05, 0) is 18.8 Å². The van der Waals surface area contributed by atoms with Crippen molar-refractivity contribution >= 4 is 23.6 Å². The fraction of sp³-hybridized carbons (Fsp3) is 0.867. The van der Waals surface area contributed by atoms with Gasteiger partial charge in [0.05, 0.1) is 5.37 Å².